The number of aromatic carboxylic acids is 1. The third-order valence-electron chi connectivity index (χ3n) is 6.64. The molecule has 0 unspecified atom stereocenters. The molecule has 1 aliphatic heterocycles. The van der Waals surface area contributed by atoms with E-state index in [2.05, 4.69) is 17.6 Å². The zero-order valence-corrected chi connectivity index (χ0v) is 18.9. The summed E-state index contributed by atoms with van der Waals surface area (Å²) >= 11 is 0. The van der Waals surface area contributed by atoms with Gasteiger partial charge in [-0.3, -0.25) is 10.2 Å². The van der Waals surface area contributed by atoms with Crippen LogP contribution in [0.15, 0.2) is 48.5 Å². The van der Waals surface area contributed by atoms with E-state index in [1.165, 1.54) is 5.69 Å². The summed E-state index contributed by atoms with van der Waals surface area (Å²) in [4.78, 5) is 26.5. The minimum Gasteiger partial charge on any atom is -0.478 e. The van der Waals surface area contributed by atoms with Gasteiger partial charge in [0, 0.05) is 35.9 Å². The monoisotopic (exact) mass is 446 g/mol. The molecule has 2 aromatic carbocycles. The summed E-state index contributed by atoms with van der Waals surface area (Å²) < 4.78 is 2.26. The molecule has 0 aliphatic carbocycles. The Morgan fingerprint density at radius 1 is 1.18 bits per heavy atom. The Balaban J connectivity index is 1.48. The maximum Gasteiger partial charge on any atom is 0.335 e. The van der Waals surface area contributed by atoms with E-state index in [4.69, 9.17) is 11.1 Å². The van der Waals surface area contributed by atoms with Crippen LogP contribution in [0.4, 0.5) is 0 Å². The number of amidine groups is 1. The lowest BCUT2D eigenvalue weighted by molar-refractivity contribution is -0.131. The molecule has 0 saturated carbocycles. The molecule has 3 aromatic rings. The van der Waals surface area contributed by atoms with Crippen LogP contribution in [0.3, 0.4) is 0 Å². The summed E-state index contributed by atoms with van der Waals surface area (Å²) in [5, 5.41) is 18.3. The van der Waals surface area contributed by atoms with Crippen molar-refractivity contribution >= 4 is 28.6 Å². The summed E-state index contributed by atoms with van der Waals surface area (Å²) in [6, 6.07) is 14.9. The van der Waals surface area contributed by atoms with E-state index in [0.29, 0.717) is 5.56 Å². The maximum atomic E-state index is 13.1. The van der Waals surface area contributed by atoms with E-state index in [1.807, 2.05) is 23.1 Å². The van der Waals surface area contributed by atoms with Crippen LogP contribution in [-0.4, -0.2) is 44.9 Å². The number of fused-ring (bicyclic) bond motifs is 1. The Morgan fingerprint density at radius 2 is 1.97 bits per heavy atom. The zero-order valence-electron chi connectivity index (χ0n) is 18.9. The molecule has 1 amide bonds. The first-order valence-electron chi connectivity index (χ1n) is 11.5. The maximum absolute atomic E-state index is 13.1. The highest BCUT2D eigenvalue weighted by molar-refractivity contribution is 5.98. The number of nitrogens with one attached hydrogen (secondary N) is 1. The number of carboxylic acid groups (broad SMARTS) is 1. The minimum absolute atomic E-state index is 0.00617. The number of nitrogen functional groups attached to an aromatic ring is 1. The summed E-state index contributed by atoms with van der Waals surface area (Å²) in [7, 11) is 0. The second-order valence-corrected chi connectivity index (χ2v) is 8.63. The topological polar surface area (TPSA) is 112 Å². The number of amides is 1. The summed E-state index contributed by atoms with van der Waals surface area (Å²) in [5.74, 6) is -0.947. The third-order valence-corrected chi connectivity index (χ3v) is 6.64. The van der Waals surface area contributed by atoms with E-state index < -0.39 is 5.97 Å². The van der Waals surface area contributed by atoms with E-state index in [1.54, 1.807) is 24.3 Å². The Bertz CT molecular complexity index is 1210. The number of rotatable bonds is 8. The van der Waals surface area contributed by atoms with Crippen LogP contribution < -0.4 is 5.73 Å². The highest BCUT2D eigenvalue weighted by Gasteiger charge is 2.29. The highest BCUT2D eigenvalue weighted by Crippen LogP contribution is 2.27. The quantitative estimate of drug-likeness (QED) is 0.361. The van der Waals surface area contributed by atoms with Gasteiger partial charge in [0.2, 0.25) is 5.91 Å². The number of carbonyl (C=O) groups is 2. The molecule has 7 nitrogen and oxygen atoms in total. The van der Waals surface area contributed by atoms with Crippen molar-refractivity contribution in [3.8, 4) is 0 Å². The second kappa shape index (κ2) is 9.48. The molecule has 33 heavy (non-hydrogen) atoms. The smallest absolute Gasteiger partial charge is 0.335 e. The molecule has 1 fully saturated rings. The number of aryl methyl sites for hydroxylation is 2. The first-order chi connectivity index (χ1) is 15.9. The fraction of sp³-hybridized carbons (Fsp3) is 0.346. The molecule has 1 saturated heterocycles. The Hall–Kier alpha value is -3.61. The minimum atomic E-state index is -1.00. The summed E-state index contributed by atoms with van der Waals surface area (Å²) in [5.41, 5.74) is 9.43. The predicted octanol–water partition coefficient (Wildman–Crippen LogP) is 3.81. The van der Waals surface area contributed by atoms with Crippen LogP contribution in [-0.2, 0) is 24.2 Å². The standard InChI is InChI=1S/C26H30N4O3/c1-2-29-21(14-18-9-10-19(25(27)28)15-23(18)29)12-11-20-7-5-13-30(20)24(31)16-17-6-3-4-8-22(17)26(32)33/h3-4,6,8-10,14-15,20H,2,5,7,11-13,16H2,1H3,(H3,27,28)(H,32,33)/t20-/m0/s1. The van der Waals surface area contributed by atoms with Gasteiger partial charge in [-0.05, 0) is 61.8 Å². The van der Waals surface area contributed by atoms with Gasteiger partial charge in [0.1, 0.15) is 5.84 Å². The van der Waals surface area contributed by atoms with Gasteiger partial charge in [-0.2, -0.15) is 0 Å². The molecule has 4 N–H and O–H groups in total. The molecule has 172 valence electrons. The van der Waals surface area contributed by atoms with Gasteiger partial charge in [0.15, 0.2) is 0 Å². The fourth-order valence-corrected chi connectivity index (χ4v) is 4.99. The molecule has 0 bridgehead atoms. The first kappa shape index (κ1) is 22.6. The average Bonchev–Trinajstić information content (AvgIpc) is 3.41. The largest absolute Gasteiger partial charge is 0.478 e. The van der Waals surface area contributed by atoms with Crippen molar-refractivity contribution in [2.75, 3.05) is 6.54 Å². The fourth-order valence-electron chi connectivity index (χ4n) is 4.99. The first-order valence-corrected chi connectivity index (χ1v) is 11.5. The van der Waals surface area contributed by atoms with Gasteiger partial charge in [0.05, 0.1) is 12.0 Å². The van der Waals surface area contributed by atoms with Crippen molar-refractivity contribution in [2.24, 2.45) is 5.73 Å². The number of nitrogens with two attached hydrogens (primary N) is 1. The molecule has 1 aromatic heterocycles. The third kappa shape index (κ3) is 4.62. The molecule has 2 heterocycles. The Kier molecular flexibility index (Phi) is 6.49. The lowest BCUT2D eigenvalue weighted by Gasteiger charge is -2.25. The summed E-state index contributed by atoms with van der Waals surface area (Å²) in [6.07, 6.45) is 3.76. The molecular weight excluding hydrogens is 416 g/mol. The van der Waals surface area contributed by atoms with Crippen molar-refractivity contribution in [3.63, 3.8) is 0 Å². The normalized spacial score (nSPS) is 15.8. The van der Waals surface area contributed by atoms with Crippen LogP contribution in [0.2, 0.25) is 0 Å². The van der Waals surface area contributed by atoms with Crippen LogP contribution >= 0.6 is 0 Å². The van der Waals surface area contributed by atoms with Crippen LogP contribution in [0, 0.1) is 5.41 Å². The number of hydrogen-bond donors (Lipinski definition) is 3. The van der Waals surface area contributed by atoms with Crippen molar-refractivity contribution < 1.29 is 14.7 Å². The van der Waals surface area contributed by atoms with Gasteiger partial charge in [0.25, 0.3) is 0 Å². The van der Waals surface area contributed by atoms with E-state index >= 15 is 0 Å². The number of hydrogen-bond acceptors (Lipinski definition) is 3. The van der Waals surface area contributed by atoms with Crippen LogP contribution in [0.25, 0.3) is 10.9 Å². The average molecular weight is 447 g/mol. The zero-order chi connectivity index (χ0) is 23.5. The molecule has 0 spiro atoms. The van der Waals surface area contributed by atoms with Crippen LogP contribution in [0.5, 0.6) is 0 Å². The molecular formula is C26H30N4O3. The predicted molar refractivity (Wildman–Crippen MR) is 129 cm³/mol. The van der Waals surface area contributed by atoms with Crippen molar-refractivity contribution in [1.82, 2.24) is 9.47 Å². The van der Waals surface area contributed by atoms with Gasteiger partial charge >= 0.3 is 5.97 Å². The number of carboxylic acids is 1. The number of aromatic nitrogens is 1. The van der Waals surface area contributed by atoms with Gasteiger partial charge in [-0.15, -0.1) is 0 Å². The summed E-state index contributed by atoms with van der Waals surface area (Å²) in [6.45, 7) is 3.64. The van der Waals surface area contributed by atoms with Crippen molar-refractivity contribution in [3.05, 3.63) is 70.9 Å². The number of nitrogens with zero attached hydrogens (tertiary/aromatic N) is 2. The molecule has 7 heteroatoms. The molecule has 1 atom stereocenters. The van der Waals surface area contributed by atoms with E-state index in [-0.39, 0.29) is 29.8 Å². The number of benzene rings is 2. The lowest BCUT2D eigenvalue weighted by Crippen LogP contribution is -2.37. The van der Waals surface area contributed by atoms with Crippen LogP contribution in [0.1, 0.15) is 53.4 Å². The van der Waals surface area contributed by atoms with E-state index in [9.17, 15) is 14.7 Å². The van der Waals surface area contributed by atoms with E-state index in [0.717, 1.165) is 55.2 Å². The lowest BCUT2D eigenvalue weighted by atomic mass is 10.0. The molecule has 0 radical (unpaired) electrons. The number of likely N-dealkylation sites (tertiary alicyclic amines) is 1. The van der Waals surface area contributed by atoms with Crippen molar-refractivity contribution in [2.45, 2.75) is 51.6 Å². The highest BCUT2D eigenvalue weighted by atomic mass is 16.4. The number of carbonyl (C=O) groups excluding carboxylic acids is 1. The van der Waals surface area contributed by atoms with Gasteiger partial charge in [-0.1, -0.05) is 30.3 Å². The SMILES string of the molecule is CCn1c(CC[C@@H]2CCCN2C(=O)Cc2ccccc2C(=O)O)cc2ccc(C(=N)N)cc21. The second-order valence-electron chi connectivity index (χ2n) is 8.63. The Labute approximate surface area is 193 Å². The molecule has 4 rings (SSSR count). The Morgan fingerprint density at radius 3 is 2.70 bits per heavy atom. The molecule has 1 aliphatic rings. The van der Waals surface area contributed by atoms with Gasteiger partial charge in [-0.25, -0.2) is 4.79 Å². The van der Waals surface area contributed by atoms with Crippen molar-refractivity contribution in [1.29, 1.82) is 5.41 Å². The van der Waals surface area contributed by atoms with Gasteiger partial charge < -0.3 is 20.3 Å².